The van der Waals surface area contributed by atoms with Crippen LogP contribution in [0, 0.1) is 6.92 Å². The summed E-state index contributed by atoms with van der Waals surface area (Å²) in [6, 6.07) is 8.22. The van der Waals surface area contributed by atoms with Crippen LogP contribution < -0.4 is 15.5 Å². The quantitative estimate of drug-likeness (QED) is 0.810. The van der Waals surface area contributed by atoms with Gasteiger partial charge in [-0.3, -0.25) is 4.79 Å². The molecule has 6 heteroatoms. The highest BCUT2D eigenvalue weighted by Gasteiger charge is 2.24. The van der Waals surface area contributed by atoms with Crippen LogP contribution in [0.15, 0.2) is 30.5 Å². The Morgan fingerprint density at radius 2 is 2.00 bits per heavy atom. The minimum Gasteiger partial charge on any atom is -0.372 e. The lowest BCUT2D eigenvalue weighted by atomic mass is 10.1. The molecule has 0 aliphatic heterocycles. The third kappa shape index (κ3) is 4.26. The van der Waals surface area contributed by atoms with Crippen molar-refractivity contribution in [2.75, 3.05) is 23.3 Å². The lowest BCUT2D eigenvalue weighted by Crippen LogP contribution is -2.26. The molecule has 0 atom stereocenters. The summed E-state index contributed by atoms with van der Waals surface area (Å²) in [6.07, 6.45) is 3.72. The highest BCUT2D eigenvalue weighted by atomic mass is 16.2. The summed E-state index contributed by atoms with van der Waals surface area (Å²) in [4.78, 5) is 23.0. The Labute approximate surface area is 148 Å². The van der Waals surface area contributed by atoms with Crippen LogP contribution in [0.1, 0.15) is 42.7 Å². The highest BCUT2D eigenvalue weighted by Crippen LogP contribution is 2.24. The van der Waals surface area contributed by atoms with Gasteiger partial charge in [-0.05, 0) is 63.4 Å². The normalized spacial score (nSPS) is 13.4. The number of aromatic nitrogens is 2. The number of benzene rings is 1. The Kier molecular flexibility index (Phi) is 5.16. The van der Waals surface area contributed by atoms with E-state index in [2.05, 4.69) is 58.4 Å². The van der Waals surface area contributed by atoms with Gasteiger partial charge in [0.15, 0.2) is 0 Å². The average Bonchev–Trinajstić information content (AvgIpc) is 3.42. The molecule has 1 aliphatic rings. The zero-order valence-corrected chi connectivity index (χ0v) is 15.0. The van der Waals surface area contributed by atoms with Crippen LogP contribution >= 0.6 is 0 Å². The summed E-state index contributed by atoms with van der Waals surface area (Å²) in [5.74, 6) is 0.295. The first-order valence-electron chi connectivity index (χ1n) is 8.87. The molecule has 0 spiro atoms. The molecule has 1 aromatic carbocycles. The lowest BCUT2D eigenvalue weighted by Gasteiger charge is -2.22. The number of anilines is 3. The van der Waals surface area contributed by atoms with E-state index in [9.17, 15) is 4.79 Å². The van der Waals surface area contributed by atoms with Gasteiger partial charge in [0.1, 0.15) is 5.69 Å². The smallest absolute Gasteiger partial charge is 0.270 e. The molecule has 0 saturated heterocycles. The molecule has 0 radical (unpaired) electrons. The first-order valence-corrected chi connectivity index (χ1v) is 8.87. The topological polar surface area (TPSA) is 70.2 Å². The van der Waals surface area contributed by atoms with Gasteiger partial charge in [-0.1, -0.05) is 0 Å². The van der Waals surface area contributed by atoms with E-state index in [1.807, 2.05) is 6.07 Å². The largest absolute Gasteiger partial charge is 0.372 e. The number of hydrogen-bond donors (Lipinski definition) is 2. The summed E-state index contributed by atoms with van der Waals surface area (Å²) >= 11 is 0. The van der Waals surface area contributed by atoms with Gasteiger partial charge in [0.25, 0.3) is 5.91 Å². The van der Waals surface area contributed by atoms with Crippen LogP contribution in [0.5, 0.6) is 0 Å². The SMILES string of the molecule is CCN(CC)c1ccc(Nc2nccc(C(=O)NC3CC3)n2)c(C)c1. The zero-order chi connectivity index (χ0) is 17.8. The third-order valence-electron chi connectivity index (χ3n) is 4.39. The van der Waals surface area contributed by atoms with Crippen molar-refractivity contribution in [3.8, 4) is 0 Å². The van der Waals surface area contributed by atoms with Crippen molar-refractivity contribution >= 4 is 23.2 Å². The fraction of sp³-hybridized carbons (Fsp3) is 0.421. The Morgan fingerprint density at radius 1 is 1.24 bits per heavy atom. The highest BCUT2D eigenvalue weighted by molar-refractivity contribution is 5.92. The fourth-order valence-electron chi connectivity index (χ4n) is 2.73. The first kappa shape index (κ1) is 17.2. The predicted molar refractivity (Wildman–Crippen MR) is 101 cm³/mol. The van der Waals surface area contributed by atoms with Crippen molar-refractivity contribution in [1.29, 1.82) is 0 Å². The number of nitrogens with zero attached hydrogens (tertiary/aromatic N) is 3. The van der Waals surface area contributed by atoms with E-state index in [0.717, 1.165) is 37.2 Å². The molecule has 132 valence electrons. The van der Waals surface area contributed by atoms with Gasteiger partial charge >= 0.3 is 0 Å². The molecule has 1 aromatic heterocycles. The van der Waals surface area contributed by atoms with Crippen molar-refractivity contribution < 1.29 is 4.79 Å². The van der Waals surface area contributed by atoms with Gasteiger partial charge in [0.05, 0.1) is 0 Å². The second-order valence-electron chi connectivity index (χ2n) is 6.31. The van der Waals surface area contributed by atoms with E-state index < -0.39 is 0 Å². The van der Waals surface area contributed by atoms with E-state index in [1.54, 1.807) is 12.3 Å². The van der Waals surface area contributed by atoms with Gasteiger partial charge in [-0.25, -0.2) is 9.97 Å². The molecule has 25 heavy (non-hydrogen) atoms. The molecule has 2 N–H and O–H groups in total. The van der Waals surface area contributed by atoms with Crippen molar-refractivity contribution in [2.45, 2.75) is 39.7 Å². The zero-order valence-electron chi connectivity index (χ0n) is 15.0. The van der Waals surface area contributed by atoms with Crippen LogP contribution in [-0.4, -0.2) is 35.0 Å². The molecule has 1 heterocycles. The summed E-state index contributed by atoms with van der Waals surface area (Å²) in [5, 5.41) is 6.16. The molecule has 2 aromatic rings. The molecular formula is C19H25N5O. The van der Waals surface area contributed by atoms with Crippen molar-refractivity contribution in [3.05, 3.63) is 41.7 Å². The van der Waals surface area contributed by atoms with Crippen LogP contribution in [0.25, 0.3) is 0 Å². The molecule has 1 amide bonds. The molecule has 3 rings (SSSR count). The van der Waals surface area contributed by atoms with E-state index in [-0.39, 0.29) is 5.91 Å². The number of aryl methyl sites for hydroxylation is 1. The number of nitrogens with one attached hydrogen (secondary N) is 2. The fourth-order valence-corrected chi connectivity index (χ4v) is 2.73. The maximum atomic E-state index is 12.1. The molecule has 1 fully saturated rings. The van der Waals surface area contributed by atoms with Crippen LogP contribution in [0.2, 0.25) is 0 Å². The minimum absolute atomic E-state index is 0.137. The minimum atomic E-state index is -0.137. The average molecular weight is 339 g/mol. The van der Waals surface area contributed by atoms with Gasteiger partial charge in [0.2, 0.25) is 5.95 Å². The van der Waals surface area contributed by atoms with E-state index in [1.165, 1.54) is 5.69 Å². The lowest BCUT2D eigenvalue weighted by molar-refractivity contribution is 0.0946. The molecule has 6 nitrogen and oxygen atoms in total. The maximum Gasteiger partial charge on any atom is 0.270 e. The van der Waals surface area contributed by atoms with Gasteiger partial charge in [-0.15, -0.1) is 0 Å². The van der Waals surface area contributed by atoms with E-state index in [4.69, 9.17) is 0 Å². The molecule has 0 bridgehead atoms. The van der Waals surface area contributed by atoms with Gasteiger partial charge < -0.3 is 15.5 Å². The predicted octanol–water partition coefficient (Wildman–Crippen LogP) is 3.27. The number of carbonyl (C=O) groups is 1. The monoisotopic (exact) mass is 339 g/mol. The summed E-state index contributed by atoms with van der Waals surface area (Å²) in [5.41, 5.74) is 3.64. The van der Waals surface area contributed by atoms with Gasteiger partial charge in [-0.2, -0.15) is 0 Å². The Morgan fingerprint density at radius 3 is 2.64 bits per heavy atom. The number of rotatable bonds is 7. The van der Waals surface area contributed by atoms with Gasteiger partial charge in [0, 0.05) is 36.7 Å². The standard InChI is InChI=1S/C19H25N5O/c1-4-24(5-2)15-8-9-16(13(3)12-15)22-19-20-11-10-17(23-19)18(25)21-14-6-7-14/h8-12,14H,4-7H2,1-3H3,(H,21,25)(H,20,22,23). The Balaban J connectivity index is 1.74. The third-order valence-corrected chi connectivity index (χ3v) is 4.39. The first-order chi connectivity index (χ1) is 12.1. The molecule has 0 unspecified atom stereocenters. The van der Waals surface area contributed by atoms with E-state index in [0.29, 0.717) is 17.7 Å². The summed E-state index contributed by atoms with van der Waals surface area (Å²) in [7, 11) is 0. The Hall–Kier alpha value is -2.63. The molecular weight excluding hydrogens is 314 g/mol. The van der Waals surface area contributed by atoms with E-state index >= 15 is 0 Å². The summed E-state index contributed by atoms with van der Waals surface area (Å²) in [6.45, 7) is 8.31. The molecule has 1 aliphatic carbocycles. The number of amides is 1. The second kappa shape index (κ2) is 7.51. The second-order valence-corrected chi connectivity index (χ2v) is 6.31. The van der Waals surface area contributed by atoms with Crippen molar-refractivity contribution in [2.24, 2.45) is 0 Å². The number of hydrogen-bond acceptors (Lipinski definition) is 5. The molecule has 1 saturated carbocycles. The summed E-state index contributed by atoms with van der Waals surface area (Å²) < 4.78 is 0. The number of carbonyl (C=O) groups excluding carboxylic acids is 1. The van der Waals surface area contributed by atoms with Crippen molar-refractivity contribution in [1.82, 2.24) is 15.3 Å². The van der Waals surface area contributed by atoms with Crippen LogP contribution in [0.4, 0.5) is 17.3 Å². The van der Waals surface area contributed by atoms with Crippen molar-refractivity contribution in [3.63, 3.8) is 0 Å². The van der Waals surface area contributed by atoms with Crippen LogP contribution in [-0.2, 0) is 0 Å². The Bertz CT molecular complexity index is 753. The maximum absolute atomic E-state index is 12.1. The van der Waals surface area contributed by atoms with Crippen LogP contribution in [0.3, 0.4) is 0 Å².